The van der Waals surface area contributed by atoms with Crippen molar-refractivity contribution in [3.8, 4) is 44.5 Å². The van der Waals surface area contributed by atoms with Gasteiger partial charge in [0.05, 0.1) is 0 Å². The van der Waals surface area contributed by atoms with E-state index in [1.807, 2.05) is 12.1 Å². The third-order valence-corrected chi connectivity index (χ3v) is 13.5. The van der Waals surface area contributed by atoms with Crippen LogP contribution in [0.1, 0.15) is 0 Å². The molecule has 2 nitrogen and oxygen atoms in total. The van der Waals surface area contributed by atoms with Gasteiger partial charge in [0, 0.05) is 27.8 Å². The molecule has 2 heteroatoms. The lowest BCUT2D eigenvalue weighted by Gasteiger charge is -2.26. The summed E-state index contributed by atoms with van der Waals surface area (Å²) in [4.78, 5) is 2.36. The molecule has 0 saturated heterocycles. The monoisotopic (exact) mass is 839 g/mol. The summed E-state index contributed by atoms with van der Waals surface area (Å²) in [6, 6.07) is 90.3. The summed E-state index contributed by atoms with van der Waals surface area (Å²) in [5, 5.41) is 12.4. The fraction of sp³-hybridized carbons (Fsp3) is 0. The van der Waals surface area contributed by atoms with Crippen molar-refractivity contribution in [2.45, 2.75) is 0 Å². The molecule has 0 bridgehead atoms. The minimum Gasteiger partial charge on any atom is -0.456 e. The molecular formula is C64H41NO. The minimum atomic E-state index is 0.899. The van der Waals surface area contributed by atoms with Crippen LogP contribution < -0.4 is 4.90 Å². The fourth-order valence-electron chi connectivity index (χ4n) is 10.2. The molecule has 0 saturated carbocycles. The highest BCUT2D eigenvalue weighted by molar-refractivity contribution is 6.14. The highest BCUT2D eigenvalue weighted by Crippen LogP contribution is 2.42. The molecule has 66 heavy (non-hydrogen) atoms. The third-order valence-electron chi connectivity index (χ3n) is 13.5. The van der Waals surface area contributed by atoms with Crippen LogP contribution in [0.25, 0.3) is 110 Å². The van der Waals surface area contributed by atoms with Crippen molar-refractivity contribution in [3.05, 3.63) is 249 Å². The molecule has 13 rings (SSSR count). The van der Waals surface area contributed by atoms with Gasteiger partial charge in [-0.1, -0.05) is 194 Å². The largest absolute Gasteiger partial charge is 0.456 e. The minimum absolute atomic E-state index is 0.899. The average molecular weight is 840 g/mol. The first-order valence-corrected chi connectivity index (χ1v) is 22.6. The van der Waals surface area contributed by atoms with Crippen LogP contribution in [0.4, 0.5) is 17.1 Å². The van der Waals surface area contributed by atoms with Crippen LogP contribution in [0.2, 0.25) is 0 Å². The van der Waals surface area contributed by atoms with Crippen molar-refractivity contribution >= 4 is 82.1 Å². The Bertz CT molecular complexity index is 3960. The lowest BCUT2D eigenvalue weighted by atomic mass is 9.94. The molecule has 0 aliphatic heterocycles. The lowest BCUT2D eigenvalue weighted by Crippen LogP contribution is -2.09. The average Bonchev–Trinajstić information content (AvgIpc) is 3.78. The zero-order valence-electron chi connectivity index (χ0n) is 36.0. The summed E-state index contributed by atoms with van der Waals surface area (Å²) in [6.07, 6.45) is 0. The second-order valence-corrected chi connectivity index (χ2v) is 17.2. The van der Waals surface area contributed by atoms with E-state index in [9.17, 15) is 0 Å². The number of benzene rings is 12. The normalized spacial score (nSPS) is 11.6. The Balaban J connectivity index is 0.859. The quantitative estimate of drug-likeness (QED) is 0.149. The first kappa shape index (κ1) is 37.8. The van der Waals surface area contributed by atoms with E-state index in [0.29, 0.717) is 0 Å². The van der Waals surface area contributed by atoms with Crippen LogP contribution in [0.5, 0.6) is 0 Å². The van der Waals surface area contributed by atoms with Crippen molar-refractivity contribution in [1.29, 1.82) is 0 Å². The highest BCUT2D eigenvalue weighted by Gasteiger charge is 2.17. The summed E-state index contributed by atoms with van der Waals surface area (Å²) in [5.74, 6) is 0. The summed E-state index contributed by atoms with van der Waals surface area (Å²) in [5.41, 5.74) is 14.5. The van der Waals surface area contributed by atoms with Crippen molar-refractivity contribution in [3.63, 3.8) is 0 Å². The molecule has 308 valence electrons. The van der Waals surface area contributed by atoms with Crippen LogP contribution in [-0.4, -0.2) is 0 Å². The summed E-state index contributed by atoms with van der Waals surface area (Å²) < 4.78 is 6.26. The first-order valence-electron chi connectivity index (χ1n) is 22.6. The van der Waals surface area contributed by atoms with Gasteiger partial charge < -0.3 is 9.32 Å². The van der Waals surface area contributed by atoms with Gasteiger partial charge in [0.2, 0.25) is 0 Å². The Morgan fingerprint density at radius 2 is 0.667 bits per heavy atom. The molecule has 0 radical (unpaired) electrons. The molecule has 1 aromatic heterocycles. The molecule has 0 fully saturated rings. The lowest BCUT2D eigenvalue weighted by molar-refractivity contribution is 0.669. The maximum atomic E-state index is 6.26. The summed E-state index contributed by atoms with van der Waals surface area (Å²) in [7, 11) is 0. The van der Waals surface area contributed by atoms with Crippen LogP contribution in [0, 0.1) is 0 Å². The van der Waals surface area contributed by atoms with Gasteiger partial charge in [-0.15, -0.1) is 0 Å². The van der Waals surface area contributed by atoms with E-state index in [1.165, 1.54) is 76.5 Å². The van der Waals surface area contributed by atoms with E-state index in [2.05, 4.69) is 241 Å². The van der Waals surface area contributed by atoms with E-state index in [1.54, 1.807) is 0 Å². The van der Waals surface area contributed by atoms with Crippen molar-refractivity contribution in [2.75, 3.05) is 4.90 Å². The van der Waals surface area contributed by atoms with Crippen LogP contribution in [0.3, 0.4) is 0 Å². The summed E-state index contributed by atoms with van der Waals surface area (Å²) >= 11 is 0. The molecule has 0 N–H and O–H groups in total. The Kier molecular flexibility index (Phi) is 8.89. The van der Waals surface area contributed by atoms with Crippen LogP contribution in [0.15, 0.2) is 253 Å². The predicted molar refractivity (Wildman–Crippen MR) is 280 cm³/mol. The Hall–Kier alpha value is -8.72. The van der Waals surface area contributed by atoms with E-state index >= 15 is 0 Å². The van der Waals surface area contributed by atoms with Gasteiger partial charge in [-0.05, 0) is 142 Å². The van der Waals surface area contributed by atoms with Crippen molar-refractivity contribution in [2.24, 2.45) is 0 Å². The van der Waals surface area contributed by atoms with Gasteiger partial charge in [0.1, 0.15) is 11.2 Å². The molecule has 0 amide bonds. The van der Waals surface area contributed by atoms with Crippen molar-refractivity contribution in [1.82, 2.24) is 0 Å². The van der Waals surface area contributed by atoms with E-state index in [4.69, 9.17) is 4.42 Å². The SMILES string of the molecule is c1ccc2c(c1)ccc1ccc(-c3ccc(-c4ccc(N(c5ccc(-c6cccc7c6ccc6ccccc67)cc5)c5ccc(-c6cccc7oc8ccccc8c67)cc5)cc4)cc3)cc12. The first-order chi connectivity index (χ1) is 32.7. The Labute approximate surface area is 382 Å². The zero-order valence-corrected chi connectivity index (χ0v) is 36.0. The molecular weight excluding hydrogens is 799 g/mol. The number of furan rings is 1. The number of anilines is 3. The molecule has 12 aromatic carbocycles. The topological polar surface area (TPSA) is 16.4 Å². The van der Waals surface area contributed by atoms with Gasteiger partial charge in [0.15, 0.2) is 0 Å². The summed E-state index contributed by atoms with van der Waals surface area (Å²) in [6.45, 7) is 0. The van der Waals surface area contributed by atoms with E-state index < -0.39 is 0 Å². The standard InChI is InChI=1S/C64H41NO/c1-3-11-54-46(10-1)33-40-59-55(14-7-16-58(54)59)47-29-36-52(37-30-47)65(53-38-31-48(32-39-53)57-15-8-18-63-64(57)60-13-5-6-17-62(60)66-63)51-34-27-43(28-35-51)42-19-21-44(22-20-42)50-26-25-49-24-23-45-9-2-4-12-56(45)61(49)41-50/h1-41H. The highest BCUT2D eigenvalue weighted by atomic mass is 16.3. The van der Waals surface area contributed by atoms with Gasteiger partial charge in [-0.25, -0.2) is 0 Å². The molecule has 1 heterocycles. The maximum Gasteiger partial charge on any atom is 0.136 e. The molecule has 0 spiro atoms. The number of para-hydroxylation sites is 1. The van der Waals surface area contributed by atoms with Crippen molar-refractivity contribution < 1.29 is 4.42 Å². The number of fused-ring (bicyclic) bond motifs is 9. The van der Waals surface area contributed by atoms with E-state index in [0.717, 1.165) is 50.1 Å². The van der Waals surface area contributed by atoms with E-state index in [-0.39, 0.29) is 0 Å². The second kappa shape index (κ2) is 15.5. The van der Waals surface area contributed by atoms with Gasteiger partial charge in [-0.2, -0.15) is 0 Å². The Morgan fingerprint density at radius 1 is 0.242 bits per heavy atom. The molecule has 13 aromatic rings. The van der Waals surface area contributed by atoms with Gasteiger partial charge in [-0.3, -0.25) is 0 Å². The number of nitrogens with zero attached hydrogens (tertiary/aromatic N) is 1. The van der Waals surface area contributed by atoms with Crippen LogP contribution in [-0.2, 0) is 0 Å². The van der Waals surface area contributed by atoms with Crippen LogP contribution >= 0.6 is 0 Å². The Morgan fingerprint density at radius 3 is 1.33 bits per heavy atom. The smallest absolute Gasteiger partial charge is 0.136 e. The van der Waals surface area contributed by atoms with Gasteiger partial charge in [0.25, 0.3) is 0 Å². The zero-order chi connectivity index (χ0) is 43.6. The molecule has 0 atom stereocenters. The number of hydrogen-bond donors (Lipinski definition) is 0. The number of hydrogen-bond acceptors (Lipinski definition) is 2. The maximum absolute atomic E-state index is 6.26. The number of rotatable bonds is 7. The van der Waals surface area contributed by atoms with Gasteiger partial charge >= 0.3 is 0 Å². The molecule has 0 aliphatic carbocycles. The fourth-order valence-corrected chi connectivity index (χ4v) is 10.2. The molecule has 0 unspecified atom stereocenters. The second-order valence-electron chi connectivity index (χ2n) is 17.2. The predicted octanol–water partition coefficient (Wildman–Crippen LogP) is 18.3. The molecule has 0 aliphatic rings. The third kappa shape index (κ3) is 6.42.